The number of Topliss-reactive ketones (excluding diaryl/α,β-unsaturated/α-hetero) is 1. The Hall–Kier alpha value is -1.48. The van der Waals surface area contributed by atoms with Crippen molar-refractivity contribution in [2.75, 3.05) is 0 Å². The number of aryl methyl sites for hydroxylation is 1. The molecule has 0 radical (unpaired) electrons. The molecule has 2 nitrogen and oxygen atoms in total. The number of aromatic nitrogens is 1. The first kappa shape index (κ1) is 13.0. The van der Waals surface area contributed by atoms with Crippen molar-refractivity contribution in [1.82, 2.24) is 0 Å². The summed E-state index contributed by atoms with van der Waals surface area (Å²) in [4.78, 5) is 12.3. The first-order valence-corrected chi connectivity index (χ1v) is 6.64. The third-order valence-corrected chi connectivity index (χ3v) is 3.45. The van der Waals surface area contributed by atoms with Crippen molar-refractivity contribution in [3.8, 4) is 0 Å². The molecule has 0 saturated heterocycles. The second-order valence-corrected chi connectivity index (χ2v) is 5.29. The molecule has 0 fully saturated rings. The fourth-order valence-electron chi connectivity index (χ4n) is 1.85. The van der Waals surface area contributed by atoms with E-state index in [9.17, 15) is 4.79 Å². The van der Waals surface area contributed by atoms with Crippen molar-refractivity contribution in [1.29, 1.82) is 0 Å². The highest BCUT2D eigenvalue weighted by Gasteiger charge is 2.23. The Labute approximate surface area is 115 Å². The minimum Gasteiger partial charge on any atom is -0.287 e. The zero-order valence-corrected chi connectivity index (χ0v) is 12.0. The summed E-state index contributed by atoms with van der Waals surface area (Å²) in [5, 5.41) is 0. The van der Waals surface area contributed by atoms with E-state index in [2.05, 4.69) is 15.9 Å². The van der Waals surface area contributed by atoms with Crippen LogP contribution in [0.1, 0.15) is 28.9 Å². The second-order valence-electron chi connectivity index (χ2n) is 4.38. The largest absolute Gasteiger partial charge is 0.287 e. The fourth-order valence-corrected chi connectivity index (χ4v) is 2.11. The number of nitrogens with zero attached hydrogens (tertiary/aromatic N) is 1. The number of carbonyl (C=O) groups excluding carboxylic acids is 1. The first-order chi connectivity index (χ1) is 8.58. The Morgan fingerprint density at radius 1 is 1.22 bits per heavy atom. The van der Waals surface area contributed by atoms with Crippen LogP contribution in [0.2, 0.25) is 0 Å². The molecule has 18 heavy (non-hydrogen) atoms. The summed E-state index contributed by atoms with van der Waals surface area (Å²) in [6.07, 6.45) is 3.91. The molecule has 1 aromatic heterocycles. The van der Waals surface area contributed by atoms with Gasteiger partial charge in [-0.1, -0.05) is 28.1 Å². The number of carbonyl (C=O) groups is 1. The Morgan fingerprint density at radius 3 is 2.50 bits per heavy atom. The van der Waals surface area contributed by atoms with Crippen LogP contribution in [0.3, 0.4) is 0 Å². The van der Waals surface area contributed by atoms with Crippen LogP contribution < -0.4 is 4.57 Å². The molecule has 1 atom stereocenters. The van der Waals surface area contributed by atoms with Crippen LogP contribution in [-0.2, 0) is 0 Å². The van der Waals surface area contributed by atoms with E-state index in [0.29, 0.717) is 0 Å². The van der Waals surface area contributed by atoms with Crippen LogP contribution in [0.15, 0.2) is 53.3 Å². The summed E-state index contributed by atoms with van der Waals surface area (Å²) >= 11 is 3.37. The van der Waals surface area contributed by atoms with Crippen LogP contribution in [0.25, 0.3) is 0 Å². The maximum atomic E-state index is 12.3. The van der Waals surface area contributed by atoms with Crippen molar-refractivity contribution in [2.24, 2.45) is 0 Å². The van der Waals surface area contributed by atoms with E-state index in [4.69, 9.17) is 0 Å². The minimum absolute atomic E-state index is 0.123. The van der Waals surface area contributed by atoms with Gasteiger partial charge in [0.25, 0.3) is 0 Å². The normalized spacial score (nSPS) is 12.2. The molecule has 0 saturated carbocycles. The van der Waals surface area contributed by atoms with Gasteiger partial charge in [0.1, 0.15) is 0 Å². The van der Waals surface area contributed by atoms with E-state index in [-0.39, 0.29) is 11.8 Å². The van der Waals surface area contributed by atoms with E-state index in [1.54, 1.807) is 0 Å². The Balaban J connectivity index is 2.26. The van der Waals surface area contributed by atoms with Crippen LogP contribution in [-0.4, -0.2) is 5.78 Å². The summed E-state index contributed by atoms with van der Waals surface area (Å²) in [6.45, 7) is 3.94. The molecule has 1 unspecified atom stereocenters. The Morgan fingerprint density at radius 2 is 1.89 bits per heavy atom. The van der Waals surface area contributed by atoms with Gasteiger partial charge >= 0.3 is 0 Å². The Bertz CT molecular complexity index is 563. The molecule has 1 aromatic carbocycles. The summed E-state index contributed by atoms with van der Waals surface area (Å²) < 4.78 is 2.93. The van der Waals surface area contributed by atoms with Crippen LogP contribution >= 0.6 is 15.9 Å². The monoisotopic (exact) mass is 304 g/mol. The van der Waals surface area contributed by atoms with E-state index in [1.807, 2.05) is 67.2 Å². The molecule has 1 heterocycles. The molecule has 0 amide bonds. The van der Waals surface area contributed by atoms with Crippen LogP contribution in [0.5, 0.6) is 0 Å². The van der Waals surface area contributed by atoms with Crippen LogP contribution in [0, 0.1) is 6.92 Å². The van der Waals surface area contributed by atoms with E-state index < -0.39 is 0 Å². The zero-order chi connectivity index (χ0) is 13.1. The lowest BCUT2D eigenvalue weighted by atomic mass is 10.1. The third-order valence-electron chi connectivity index (χ3n) is 2.93. The molecule has 0 aliphatic carbocycles. The predicted molar refractivity (Wildman–Crippen MR) is 74.6 cm³/mol. The van der Waals surface area contributed by atoms with Gasteiger partial charge in [-0.25, -0.2) is 0 Å². The second kappa shape index (κ2) is 5.44. The average molecular weight is 305 g/mol. The topological polar surface area (TPSA) is 20.9 Å². The first-order valence-electron chi connectivity index (χ1n) is 5.85. The van der Waals surface area contributed by atoms with E-state index in [1.165, 1.54) is 0 Å². The quantitative estimate of drug-likeness (QED) is 0.628. The summed E-state index contributed by atoms with van der Waals surface area (Å²) in [5.74, 6) is 0.123. The molecule has 0 N–H and O–H groups in total. The number of halogens is 1. The molecule has 2 rings (SSSR count). The fraction of sp³-hybridized carbons (Fsp3) is 0.200. The summed E-state index contributed by atoms with van der Waals surface area (Å²) in [6, 6.07) is 11.3. The molecular formula is C15H15BrNO+. The van der Waals surface area contributed by atoms with Gasteiger partial charge in [-0.2, -0.15) is 4.57 Å². The van der Waals surface area contributed by atoms with Gasteiger partial charge in [0.2, 0.25) is 11.8 Å². The van der Waals surface area contributed by atoms with Crippen molar-refractivity contribution < 1.29 is 9.36 Å². The van der Waals surface area contributed by atoms with Crippen molar-refractivity contribution in [2.45, 2.75) is 19.9 Å². The van der Waals surface area contributed by atoms with Crippen LogP contribution in [0.4, 0.5) is 0 Å². The zero-order valence-electron chi connectivity index (χ0n) is 10.4. The van der Waals surface area contributed by atoms with E-state index in [0.717, 1.165) is 15.6 Å². The SMILES string of the molecule is Cc1ccc[n+](C(C)C(=O)c2ccc(Br)cc2)c1. The van der Waals surface area contributed by atoms with Gasteiger partial charge in [0, 0.05) is 28.6 Å². The maximum absolute atomic E-state index is 12.3. The van der Waals surface area contributed by atoms with Gasteiger partial charge in [-0.15, -0.1) is 0 Å². The predicted octanol–water partition coefficient (Wildman–Crippen LogP) is 3.49. The lowest BCUT2D eigenvalue weighted by molar-refractivity contribution is -0.705. The third kappa shape index (κ3) is 2.85. The van der Waals surface area contributed by atoms with Crippen molar-refractivity contribution in [3.63, 3.8) is 0 Å². The summed E-state index contributed by atoms with van der Waals surface area (Å²) in [7, 11) is 0. The molecule has 0 spiro atoms. The van der Waals surface area contributed by atoms with Crippen molar-refractivity contribution in [3.05, 3.63) is 64.4 Å². The van der Waals surface area contributed by atoms with Gasteiger partial charge < -0.3 is 0 Å². The number of hydrogen-bond donors (Lipinski definition) is 0. The maximum Gasteiger partial charge on any atom is 0.230 e. The lowest BCUT2D eigenvalue weighted by Crippen LogP contribution is -2.41. The minimum atomic E-state index is -0.189. The smallest absolute Gasteiger partial charge is 0.230 e. The number of benzene rings is 1. The highest BCUT2D eigenvalue weighted by atomic mass is 79.9. The molecular weight excluding hydrogens is 290 g/mol. The standard InChI is InChI=1S/C15H15BrNO/c1-11-4-3-9-17(10-11)12(2)15(18)13-5-7-14(16)8-6-13/h3-10,12H,1-2H3/q+1. The summed E-state index contributed by atoms with van der Waals surface area (Å²) in [5.41, 5.74) is 1.88. The molecule has 3 heteroatoms. The van der Waals surface area contributed by atoms with Gasteiger partial charge in [0.05, 0.1) is 0 Å². The highest BCUT2D eigenvalue weighted by molar-refractivity contribution is 9.10. The number of rotatable bonds is 3. The average Bonchev–Trinajstić information content (AvgIpc) is 2.38. The lowest BCUT2D eigenvalue weighted by Gasteiger charge is -2.07. The molecule has 92 valence electrons. The molecule has 0 aliphatic heterocycles. The number of pyridine rings is 1. The highest BCUT2D eigenvalue weighted by Crippen LogP contribution is 2.14. The van der Waals surface area contributed by atoms with Gasteiger partial charge in [-0.3, -0.25) is 4.79 Å². The molecule has 2 aromatic rings. The van der Waals surface area contributed by atoms with Gasteiger partial charge in [0.15, 0.2) is 12.4 Å². The Kier molecular flexibility index (Phi) is 3.92. The molecule has 0 bridgehead atoms. The molecule has 0 aliphatic rings. The van der Waals surface area contributed by atoms with E-state index >= 15 is 0 Å². The number of ketones is 1. The van der Waals surface area contributed by atoms with Crippen molar-refractivity contribution >= 4 is 21.7 Å². The number of hydrogen-bond acceptors (Lipinski definition) is 1. The van der Waals surface area contributed by atoms with Gasteiger partial charge in [-0.05, 0) is 25.1 Å².